The lowest BCUT2D eigenvalue weighted by Crippen LogP contribution is -2.29. The van der Waals surface area contributed by atoms with E-state index in [1.165, 1.54) is 11.1 Å². The molecule has 0 aliphatic rings. The zero-order chi connectivity index (χ0) is 12.7. The van der Waals surface area contributed by atoms with Crippen LogP contribution in [-0.2, 0) is 6.54 Å². The average Bonchev–Trinajstić information content (AvgIpc) is 2.27. The highest BCUT2D eigenvalue weighted by Crippen LogP contribution is 2.03. The Bertz CT molecular complexity index is 333. The molecule has 0 amide bonds. The summed E-state index contributed by atoms with van der Waals surface area (Å²) in [6, 6.07) is 4.61. The molecule has 0 aliphatic heterocycles. The Morgan fingerprint density at radius 2 is 2.06 bits per heavy atom. The molecule has 1 heterocycles. The highest BCUT2D eigenvalue weighted by atomic mass is 15.1. The van der Waals surface area contributed by atoms with Gasteiger partial charge < -0.3 is 5.32 Å². The number of nitrogens with zero attached hydrogens (tertiary/aromatic N) is 2. The Labute approximate surface area is 105 Å². The van der Waals surface area contributed by atoms with Crippen LogP contribution < -0.4 is 5.32 Å². The fourth-order valence-corrected chi connectivity index (χ4v) is 1.64. The van der Waals surface area contributed by atoms with Gasteiger partial charge in [-0.3, -0.25) is 9.88 Å². The lowest BCUT2D eigenvalue weighted by Gasteiger charge is -2.19. The minimum Gasteiger partial charge on any atom is -0.311 e. The van der Waals surface area contributed by atoms with Crippen molar-refractivity contribution in [2.75, 3.05) is 20.1 Å². The van der Waals surface area contributed by atoms with Gasteiger partial charge in [0.05, 0.1) is 0 Å². The minimum absolute atomic E-state index is 0.511. The zero-order valence-electron chi connectivity index (χ0n) is 11.1. The summed E-state index contributed by atoms with van der Waals surface area (Å²) in [7, 11) is 2.11. The molecule has 3 nitrogen and oxygen atoms in total. The van der Waals surface area contributed by atoms with Crippen molar-refractivity contribution in [3.05, 3.63) is 42.2 Å². The van der Waals surface area contributed by atoms with Gasteiger partial charge in [0.25, 0.3) is 0 Å². The molecule has 0 spiro atoms. The van der Waals surface area contributed by atoms with Gasteiger partial charge in [-0.1, -0.05) is 20.4 Å². The van der Waals surface area contributed by atoms with E-state index in [0.29, 0.717) is 6.04 Å². The summed E-state index contributed by atoms with van der Waals surface area (Å²) in [6.07, 6.45) is 3.66. The van der Waals surface area contributed by atoms with E-state index in [4.69, 9.17) is 0 Å². The highest BCUT2D eigenvalue weighted by molar-refractivity contribution is 5.10. The Morgan fingerprint density at radius 1 is 1.41 bits per heavy atom. The summed E-state index contributed by atoms with van der Waals surface area (Å²) < 4.78 is 0. The average molecular weight is 233 g/mol. The van der Waals surface area contributed by atoms with E-state index >= 15 is 0 Å². The number of hydrogen-bond donors (Lipinski definition) is 1. The van der Waals surface area contributed by atoms with E-state index < -0.39 is 0 Å². The predicted octanol–water partition coefficient (Wildman–Crippen LogP) is 2.07. The van der Waals surface area contributed by atoms with Crippen molar-refractivity contribution >= 4 is 0 Å². The van der Waals surface area contributed by atoms with Crippen molar-refractivity contribution in [1.82, 2.24) is 15.2 Å². The fraction of sp³-hybridized carbons (Fsp3) is 0.500. The molecule has 0 saturated carbocycles. The molecule has 0 atom stereocenters. The Hall–Kier alpha value is -1.19. The Morgan fingerprint density at radius 3 is 2.65 bits per heavy atom. The molecule has 1 rings (SSSR count). The van der Waals surface area contributed by atoms with Crippen LogP contribution in [0, 0.1) is 0 Å². The van der Waals surface area contributed by atoms with Crippen LogP contribution in [0.1, 0.15) is 19.4 Å². The van der Waals surface area contributed by atoms with Crippen LogP contribution in [0.15, 0.2) is 36.7 Å². The first kappa shape index (κ1) is 13.9. The molecule has 0 aliphatic carbocycles. The summed E-state index contributed by atoms with van der Waals surface area (Å²) in [4.78, 5) is 6.28. The molecular formula is C14H23N3. The molecule has 0 radical (unpaired) electrons. The number of hydrogen-bond acceptors (Lipinski definition) is 3. The minimum atomic E-state index is 0.511. The molecule has 1 aromatic rings. The zero-order valence-corrected chi connectivity index (χ0v) is 11.1. The molecule has 94 valence electrons. The van der Waals surface area contributed by atoms with Gasteiger partial charge in [0.15, 0.2) is 0 Å². The molecule has 17 heavy (non-hydrogen) atoms. The standard InChI is InChI=1S/C14H23N3/c1-12(2)16-9-13(3)10-17(4)11-14-5-7-15-8-6-14/h5-8,12,16H,3,9-11H2,1-2,4H3. The third kappa shape index (κ3) is 6.19. The number of likely N-dealkylation sites (N-methyl/N-ethyl adjacent to an activating group) is 1. The molecular weight excluding hydrogens is 210 g/mol. The van der Waals surface area contributed by atoms with Crippen LogP contribution in [0.5, 0.6) is 0 Å². The summed E-state index contributed by atoms with van der Waals surface area (Å²) in [5, 5.41) is 3.38. The van der Waals surface area contributed by atoms with Gasteiger partial charge in [0.1, 0.15) is 0 Å². The van der Waals surface area contributed by atoms with Crippen LogP contribution >= 0.6 is 0 Å². The Balaban J connectivity index is 2.29. The van der Waals surface area contributed by atoms with Gasteiger partial charge in [-0.05, 0) is 30.3 Å². The van der Waals surface area contributed by atoms with Crippen molar-refractivity contribution in [3.63, 3.8) is 0 Å². The monoisotopic (exact) mass is 233 g/mol. The lowest BCUT2D eigenvalue weighted by molar-refractivity contribution is 0.351. The molecule has 1 N–H and O–H groups in total. The van der Waals surface area contributed by atoms with Crippen LogP contribution in [0.2, 0.25) is 0 Å². The van der Waals surface area contributed by atoms with E-state index in [9.17, 15) is 0 Å². The largest absolute Gasteiger partial charge is 0.311 e. The van der Waals surface area contributed by atoms with Crippen molar-refractivity contribution in [3.8, 4) is 0 Å². The van der Waals surface area contributed by atoms with Crippen LogP contribution in [0.25, 0.3) is 0 Å². The van der Waals surface area contributed by atoms with Crippen LogP contribution in [-0.4, -0.2) is 36.1 Å². The van der Waals surface area contributed by atoms with Crippen molar-refractivity contribution in [2.45, 2.75) is 26.4 Å². The lowest BCUT2D eigenvalue weighted by atomic mass is 10.2. The molecule has 0 bridgehead atoms. The van der Waals surface area contributed by atoms with Gasteiger partial charge in [0.2, 0.25) is 0 Å². The van der Waals surface area contributed by atoms with E-state index in [-0.39, 0.29) is 0 Å². The van der Waals surface area contributed by atoms with E-state index in [0.717, 1.165) is 19.6 Å². The van der Waals surface area contributed by atoms with Gasteiger partial charge in [-0.25, -0.2) is 0 Å². The maximum Gasteiger partial charge on any atom is 0.0271 e. The molecule has 3 heteroatoms. The molecule has 0 fully saturated rings. The van der Waals surface area contributed by atoms with Crippen molar-refractivity contribution in [2.24, 2.45) is 0 Å². The first-order chi connectivity index (χ1) is 8.08. The predicted molar refractivity (Wildman–Crippen MR) is 72.8 cm³/mol. The van der Waals surface area contributed by atoms with Crippen LogP contribution in [0.4, 0.5) is 0 Å². The topological polar surface area (TPSA) is 28.2 Å². The quantitative estimate of drug-likeness (QED) is 0.731. The van der Waals surface area contributed by atoms with Gasteiger partial charge in [-0.15, -0.1) is 0 Å². The maximum atomic E-state index is 4.09. The third-order valence-electron chi connectivity index (χ3n) is 2.46. The molecule has 0 aromatic carbocycles. The summed E-state index contributed by atoms with van der Waals surface area (Å²) in [5.41, 5.74) is 2.50. The maximum absolute atomic E-state index is 4.09. The molecule has 0 saturated heterocycles. The first-order valence-electron chi connectivity index (χ1n) is 6.05. The second-order valence-electron chi connectivity index (χ2n) is 4.81. The molecule has 1 aromatic heterocycles. The second-order valence-corrected chi connectivity index (χ2v) is 4.81. The SMILES string of the molecule is C=C(CNC(C)C)CN(C)Cc1ccncc1. The summed E-state index contributed by atoms with van der Waals surface area (Å²) >= 11 is 0. The van der Waals surface area contributed by atoms with Crippen LogP contribution in [0.3, 0.4) is 0 Å². The number of rotatable bonds is 7. The van der Waals surface area contributed by atoms with Gasteiger partial charge in [0, 0.05) is 38.1 Å². The van der Waals surface area contributed by atoms with Gasteiger partial charge in [-0.2, -0.15) is 0 Å². The van der Waals surface area contributed by atoms with E-state index in [2.05, 4.69) is 42.7 Å². The normalized spacial score (nSPS) is 11.1. The second kappa shape index (κ2) is 7.20. The van der Waals surface area contributed by atoms with Gasteiger partial charge >= 0.3 is 0 Å². The smallest absolute Gasteiger partial charge is 0.0271 e. The first-order valence-corrected chi connectivity index (χ1v) is 6.05. The number of nitrogens with one attached hydrogen (secondary N) is 1. The Kier molecular flexibility index (Phi) is 5.87. The van der Waals surface area contributed by atoms with E-state index in [1.807, 2.05) is 24.5 Å². The van der Waals surface area contributed by atoms with Crippen molar-refractivity contribution in [1.29, 1.82) is 0 Å². The summed E-state index contributed by atoms with van der Waals surface area (Å²) in [5.74, 6) is 0. The summed E-state index contributed by atoms with van der Waals surface area (Å²) in [6.45, 7) is 11.1. The number of aromatic nitrogens is 1. The molecule has 0 unspecified atom stereocenters. The third-order valence-corrected chi connectivity index (χ3v) is 2.46. The number of pyridine rings is 1. The highest BCUT2D eigenvalue weighted by Gasteiger charge is 2.03. The van der Waals surface area contributed by atoms with E-state index in [1.54, 1.807) is 0 Å². The fourth-order valence-electron chi connectivity index (χ4n) is 1.64. The van der Waals surface area contributed by atoms with Crippen molar-refractivity contribution < 1.29 is 0 Å².